The first-order valence-corrected chi connectivity index (χ1v) is 11.2. The summed E-state index contributed by atoms with van der Waals surface area (Å²) in [6.45, 7) is 1.50. The molecule has 1 aliphatic rings. The Morgan fingerprint density at radius 1 is 0.914 bits per heavy atom. The Bertz CT molecular complexity index is 1190. The fourth-order valence-corrected chi connectivity index (χ4v) is 4.26. The van der Waals surface area contributed by atoms with Crippen molar-refractivity contribution in [3.8, 4) is 11.1 Å². The molecule has 0 unspecified atom stereocenters. The molecule has 0 heterocycles. The van der Waals surface area contributed by atoms with Crippen LogP contribution >= 0.6 is 0 Å². The van der Waals surface area contributed by atoms with Crippen molar-refractivity contribution in [1.82, 2.24) is 5.32 Å². The summed E-state index contributed by atoms with van der Waals surface area (Å²) in [5, 5.41) is 23.5. The summed E-state index contributed by atoms with van der Waals surface area (Å²) in [5.41, 5.74) is 5.68. The van der Waals surface area contributed by atoms with Gasteiger partial charge in [0.15, 0.2) is 6.04 Å². The Labute approximate surface area is 202 Å². The zero-order valence-electron chi connectivity index (χ0n) is 19.1. The summed E-state index contributed by atoms with van der Waals surface area (Å²) in [4.78, 5) is 35.6. The molecule has 8 nitrogen and oxygen atoms in total. The number of benzene rings is 3. The van der Waals surface area contributed by atoms with Crippen molar-refractivity contribution in [3.63, 3.8) is 0 Å². The van der Waals surface area contributed by atoms with Crippen LogP contribution in [0.2, 0.25) is 0 Å². The molecule has 180 valence electrons. The van der Waals surface area contributed by atoms with E-state index >= 15 is 0 Å². The molecule has 0 fully saturated rings. The van der Waals surface area contributed by atoms with E-state index in [1.54, 1.807) is 24.3 Å². The first kappa shape index (κ1) is 24.0. The van der Waals surface area contributed by atoms with Crippen molar-refractivity contribution in [1.29, 1.82) is 0 Å². The highest BCUT2D eigenvalue weighted by atomic mass is 16.5. The average Bonchev–Trinajstić information content (AvgIpc) is 3.16. The second-order valence-electron chi connectivity index (χ2n) is 8.45. The molecular weight excluding hydrogens is 448 g/mol. The number of ether oxygens (including phenoxy) is 1. The van der Waals surface area contributed by atoms with E-state index in [4.69, 9.17) is 9.84 Å². The van der Waals surface area contributed by atoms with Gasteiger partial charge in [-0.05, 0) is 46.9 Å². The summed E-state index contributed by atoms with van der Waals surface area (Å²) in [6, 6.07) is 21.4. The number of aliphatic hydroxyl groups is 1. The normalized spacial score (nSPS) is 13.8. The SMILES string of the molecule is C[C@@H](O)[C@H](NC(=O)Cc1ccc(NC(=O)OCC2c3ccccc3-c3ccccc32)cc1)C(=O)O. The van der Waals surface area contributed by atoms with Gasteiger partial charge in [0.2, 0.25) is 5.91 Å². The van der Waals surface area contributed by atoms with Crippen molar-refractivity contribution < 1.29 is 29.3 Å². The minimum absolute atomic E-state index is 0.0368. The van der Waals surface area contributed by atoms with Crippen LogP contribution in [0.25, 0.3) is 11.1 Å². The zero-order chi connectivity index (χ0) is 24.9. The molecule has 0 spiro atoms. The fraction of sp³-hybridized carbons (Fsp3) is 0.222. The molecule has 0 radical (unpaired) electrons. The highest BCUT2D eigenvalue weighted by molar-refractivity contribution is 5.86. The number of amides is 2. The Morgan fingerprint density at radius 3 is 2.03 bits per heavy atom. The molecule has 4 rings (SSSR count). The maximum Gasteiger partial charge on any atom is 0.411 e. The Kier molecular flexibility index (Phi) is 7.12. The predicted octanol–water partition coefficient (Wildman–Crippen LogP) is 3.54. The summed E-state index contributed by atoms with van der Waals surface area (Å²) >= 11 is 0. The molecule has 0 aliphatic heterocycles. The van der Waals surface area contributed by atoms with Gasteiger partial charge in [-0.2, -0.15) is 0 Å². The number of rotatable bonds is 8. The lowest BCUT2D eigenvalue weighted by atomic mass is 9.98. The number of hydrogen-bond donors (Lipinski definition) is 4. The zero-order valence-corrected chi connectivity index (χ0v) is 19.1. The van der Waals surface area contributed by atoms with E-state index in [0.717, 1.165) is 22.3 Å². The first-order chi connectivity index (χ1) is 16.8. The number of aliphatic carboxylic acids is 1. The second-order valence-corrected chi connectivity index (χ2v) is 8.45. The molecule has 4 N–H and O–H groups in total. The molecule has 0 saturated heterocycles. The number of aliphatic hydroxyl groups excluding tert-OH is 1. The van der Waals surface area contributed by atoms with Crippen LogP contribution in [-0.2, 0) is 20.7 Å². The minimum Gasteiger partial charge on any atom is -0.480 e. The van der Waals surface area contributed by atoms with Crippen LogP contribution in [0.4, 0.5) is 10.5 Å². The van der Waals surface area contributed by atoms with Gasteiger partial charge < -0.3 is 20.3 Å². The quantitative estimate of drug-likeness (QED) is 0.396. The van der Waals surface area contributed by atoms with Crippen LogP contribution < -0.4 is 10.6 Å². The molecule has 3 aromatic carbocycles. The van der Waals surface area contributed by atoms with Gasteiger partial charge in [0, 0.05) is 11.6 Å². The van der Waals surface area contributed by atoms with Gasteiger partial charge in [-0.15, -0.1) is 0 Å². The lowest BCUT2D eigenvalue weighted by Crippen LogP contribution is -2.48. The lowest BCUT2D eigenvalue weighted by molar-refractivity contribution is -0.144. The van der Waals surface area contributed by atoms with Crippen LogP contribution in [0, 0.1) is 0 Å². The standard InChI is InChI=1S/C27H26N2O6/c1-16(30)25(26(32)33)29-24(31)14-17-10-12-18(13-11-17)28-27(34)35-15-23-21-8-4-2-6-19(21)20-7-3-5-9-22(20)23/h2-13,16,23,25,30H,14-15H2,1H3,(H,28,34)(H,29,31)(H,32,33)/t16-,25+/m1/s1. The molecule has 35 heavy (non-hydrogen) atoms. The van der Waals surface area contributed by atoms with E-state index in [1.807, 2.05) is 24.3 Å². The first-order valence-electron chi connectivity index (χ1n) is 11.2. The number of nitrogens with one attached hydrogen (secondary N) is 2. The number of carboxylic acid groups (broad SMARTS) is 1. The molecule has 1 aliphatic carbocycles. The van der Waals surface area contributed by atoms with Gasteiger partial charge in [-0.1, -0.05) is 60.7 Å². The number of hydrogen-bond acceptors (Lipinski definition) is 5. The topological polar surface area (TPSA) is 125 Å². The third-order valence-electron chi connectivity index (χ3n) is 5.97. The summed E-state index contributed by atoms with van der Waals surface area (Å²) < 4.78 is 5.53. The number of fused-ring (bicyclic) bond motifs is 3. The van der Waals surface area contributed by atoms with Crippen LogP contribution in [0.1, 0.15) is 29.5 Å². The van der Waals surface area contributed by atoms with Crippen LogP contribution in [0.3, 0.4) is 0 Å². The summed E-state index contributed by atoms with van der Waals surface area (Å²) in [6.07, 6.45) is -1.87. The predicted molar refractivity (Wildman–Crippen MR) is 130 cm³/mol. The van der Waals surface area contributed by atoms with E-state index in [2.05, 4.69) is 34.9 Å². The molecule has 3 aromatic rings. The van der Waals surface area contributed by atoms with E-state index in [0.29, 0.717) is 11.3 Å². The largest absolute Gasteiger partial charge is 0.480 e. The summed E-state index contributed by atoms with van der Waals surface area (Å²) in [5.74, 6) is -1.88. The number of carbonyl (C=O) groups excluding carboxylic acids is 2. The monoisotopic (exact) mass is 474 g/mol. The molecular formula is C27H26N2O6. The lowest BCUT2D eigenvalue weighted by Gasteiger charge is -2.17. The molecule has 2 amide bonds. The van der Waals surface area contributed by atoms with Crippen molar-refractivity contribution >= 4 is 23.7 Å². The van der Waals surface area contributed by atoms with E-state index in [9.17, 15) is 19.5 Å². The van der Waals surface area contributed by atoms with Crippen molar-refractivity contribution in [3.05, 3.63) is 89.5 Å². The van der Waals surface area contributed by atoms with E-state index < -0.39 is 30.1 Å². The number of anilines is 1. The van der Waals surface area contributed by atoms with Gasteiger partial charge in [0.05, 0.1) is 12.5 Å². The van der Waals surface area contributed by atoms with Crippen molar-refractivity contribution in [2.24, 2.45) is 0 Å². The van der Waals surface area contributed by atoms with E-state index in [-0.39, 0.29) is 18.9 Å². The molecule has 8 heteroatoms. The van der Waals surface area contributed by atoms with Gasteiger partial charge in [-0.25, -0.2) is 9.59 Å². The van der Waals surface area contributed by atoms with Gasteiger partial charge in [0.25, 0.3) is 0 Å². The highest BCUT2D eigenvalue weighted by Gasteiger charge is 2.29. The molecule has 0 saturated carbocycles. The van der Waals surface area contributed by atoms with Gasteiger partial charge >= 0.3 is 12.1 Å². The van der Waals surface area contributed by atoms with Gasteiger partial charge in [-0.3, -0.25) is 10.1 Å². The van der Waals surface area contributed by atoms with Crippen LogP contribution in [-0.4, -0.2) is 46.9 Å². The number of carbonyl (C=O) groups is 3. The Hall–Kier alpha value is -4.17. The Morgan fingerprint density at radius 2 is 1.49 bits per heavy atom. The molecule has 0 bridgehead atoms. The van der Waals surface area contributed by atoms with E-state index in [1.165, 1.54) is 6.92 Å². The minimum atomic E-state index is -1.38. The maximum atomic E-state index is 12.4. The molecule has 0 aromatic heterocycles. The highest BCUT2D eigenvalue weighted by Crippen LogP contribution is 2.44. The van der Waals surface area contributed by atoms with Crippen molar-refractivity contribution in [2.75, 3.05) is 11.9 Å². The van der Waals surface area contributed by atoms with Crippen LogP contribution in [0.15, 0.2) is 72.8 Å². The third-order valence-corrected chi connectivity index (χ3v) is 5.97. The van der Waals surface area contributed by atoms with Crippen LogP contribution in [0.5, 0.6) is 0 Å². The Balaban J connectivity index is 1.32. The second kappa shape index (κ2) is 10.4. The maximum absolute atomic E-state index is 12.4. The fourth-order valence-electron chi connectivity index (χ4n) is 4.26. The van der Waals surface area contributed by atoms with Gasteiger partial charge in [0.1, 0.15) is 6.61 Å². The summed E-state index contributed by atoms with van der Waals surface area (Å²) in [7, 11) is 0. The number of carboxylic acids is 1. The van der Waals surface area contributed by atoms with Crippen molar-refractivity contribution in [2.45, 2.75) is 31.4 Å². The molecule has 2 atom stereocenters. The smallest absolute Gasteiger partial charge is 0.411 e. The third kappa shape index (κ3) is 5.50. The average molecular weight is 475 g/mol.